The molecular weight excluding hydrogens is 496 g/mol. The van der Waals surface area contributed by atoms with Crippen molar-refractivity contribution in [1.82, 2.24) is 4.31 Å². The van der Waals surface area contributed by atoms with E-state index in [0.717, 1.165) is 11.1 Å². The third-order valence-corrected chi connectivity index (χ3v) is 7.46. The number of rotatable bonds is 9. The Hall–Kier alpha value is -3.34. The zero-order valence-electron chi connectivity index (χ0n) is 22.0. The lowest BCUT2D eigenvalue weighted by molar-refractivity contribution is -0.113. The number of hydrogen-bond acceptors (Lipinski definition) is 7. The number of nitrogens with two attached hydrogens (primary N) is 1. The van der Waals surface area contributed by atoms with E-state index in [1.807, 2.05) is 12.1 Å². The fourth-order valence-electron chi connectivity index (χ4n) is 4.61. The number of Topliss-reactive ketones (excluding diaryl/α,β-unsaturated/α-hetero) is 1. The van der Waals surface area contributed by atoms with Crippen molar-refractivity contribution >= 4 is 28.1 Å². The van der Waals surface area contributed by atoms with Gasteiger partial charge in [-0.1, -0.05) is 12.1 Å². The highest BCUT2D eigenvalue weighted by molar-refractivity contribution is 7.86. The van der Waals surface area contributed by atoms with Crippen molar-refractivity contribution in [1.29, 1.82) is 0 Å². The third kappa shape index (κ3) is 6.51. The van der Waals surface area contributed by atoms with Gasteiger partial charge in [-0.2, -0.15) is 12.7 Å². The average molecular weight is 531 g/mol. The molecule has 3 rings (SSSR count). The van der Waals surface area contributed by atoms with Gasteiger partial charge >= 0.3 is 0 Å². The average Bonchev–Trinajstić information content (AvgIpc) is 2.85. The van der Waals surface area contributed by atoms with Gasteiger partial charge in [-0.3, -0.25) is 4.79 Å². The summed E-state index contributed by atoms with van der Waals surface area (Å²) in [5.74, 6) is 2.00. The first kappa shape index (κ1) is 28.2. The van der Waals surface area contributed by atoms with Gasteiger partial charge in [0.2, 0.25) is 0 Å². The van der Waals surface area contributed by atoms with E-state index in [2.05, 4.69) is 0 Å². The summed E-state index contributed by atoms with van der Waals surface area (Å²) in [5, 5.41) is 5.60. The molecule has 1 aliphatic carbocycles. The van der Waals surface area contributed by atoms with Gasteiger partial charge in [-0.15, -0.1) is 0 Å². The molecule has 0 aliphatic heterocycles. The van der Waals surface area contributed by atoms with Crippen LogP contribution in [0.25, 0.3) is 12.2 Å². The number of carbonyl (C=O) groups is 1. The molecule has 0 radical (unpaired) electrons. The maximum atomic E-state index is 13.6. The molecule has 0 saturated heterocycles. The number of carbonyl (C=O) groups excluding carboxylic acids is 1. The van der Waals surface area contributed by atoms with Crippen LogP contribution in [0.1, 0.15) is 37.8 Å². The van der Waals surface area contributed by atoms with Gasteiger partial charge in [0.25, 0.3) is 10.2 Å². The summed E-state index contributed by atoms with van der Waals surface area (Å²) in [6.07, 6.45) is 3.93. The van der Waals surface area contributed by atoms with Crippen molar-refractivity contribution in [2.75, 3.05) is 28.4 Å². The molecule has 1 fully saturated rings. The minimum absolute atomic E-state index is 0.168. The molecule has 2 aromatic carbocycles. The molecule has 0 amide bonds. The Bertz CT molecular complexity index is 1240. The van der Waals surface area contributed by atoms with Crippen LogP contribution in [0.15, 0.2) is 47.5 Å². The molecule has 2 N–H and O–H groups in total. The summed E-state index contributed by atoms with van der Waals surface area (Å²) in [4.78, 5) is 13.6. The number of ether oxygens (including phenoxy) is 4. The molecule has 1 saturated carbocycles. The van der Waals surface area contributed by atoms with E-state index in [9.17, 15) is 13.2 Å². The zero-order valence-corrected chi connectivity index (χ0v) is 22.8. The van der Waals surface area contributed by atoms with Gasteiger partial charge in [-0.05, 0) is 74.2 Å². The van der Waals surface area contributed by atoms with Crippen LogP contribution in [-0.2, 0) is 15.0 Å². The first-order valence-electron chi connectivity index (χ1n) is 11.7. The van der Waals surface area contributed by atoms with Crippen LogP contribution < -0.4 is 24.1 Å². The lowest BCUT2D eigenvalue weighted by atomic mass is 9.83. The van der Waals surface area contributed by atoms with E-state index in [4.69, 9.17) is 24.1 Å². The van der Waals surface area contributed by atoms with Gasteiger partial charge in [0, 0.05) is 23.2 Å². The largest absolute Gasteiger partial charge is 0.493 e. The summed E-state index contributed by atoms with van der Waals surface area (Å²) in [7, 11) is 2.14. The van der Waals surface area contributed by atoms with E-state index < -0.39 is 22.3 Å². The van der Waals surface area contributed by atoms with Gasteiger partial charge in [0.1, 0.15) is 0 Å². The number of nitrogens with zero attached hydrogens (tertiary/aromatic N) is 1. The summed E-state index contributed by atoms with van der Waals surface area (Å²) < 4.78 is 47.7. The third-order valence-electron chi connectivity index (χ3n) is 6.15. The highest BCUT2D eigenvalue weighted by Crippen LogP contribution is 2.36. The van der Waals surface area contributed by atoms with Crippen molar-refractivity contribution in [3.05, 3.63) is 58.7 Å². The predicted octanol–water partition coefficient (Wildman–Crippen LogP) is 3.83. The molecule has 0 spiro atoms. The van der Waals surface area contributed by atoms with Crippen LogP contribution in [0.4, 0.5) is 0 Å². The molecule has 0 unspecified atom stereocenters. The van der Waals surface area contributed by atoms with Gasteiger partial charge in [0.15, 0.2) is 28.8 Å². The Morgan fingerprint density at radius 1 is 0.811 bits per heavy atom. The van der Waals surface area contributed by atoms with E-state index >= 15 is 0 Å². The van der Waals surface area contributed by atoms with E-state index in [0.29, 0.717) is 34.1 Å². The van der Waals surface area contributed by atoms with Crippen LogP contribution in [0.3, 0.4) is 0 Å². The minimum Gasteiger partial charge on any atom is -0.493 e. The Morgan fingerprint density at radius 3 is 1.54 bits per heavy atom. The van der Waals surface area contributed by atoms with Crippen LogP contribution in [0, 0.1) is 0 Å². The SMILES string of the molecule is COc1ccc(/C=C2\CC(N(C(C)C)S(N)(=O)=O)C/C(=C\c3ccc(OC)c(OC)c3)C2=O)cc1OC. The topological polar surface area (TPSA) is 117 Å². The van der Waals surface area contributed by atoms with Crippen molar-refractivity contribution < 1.29 is 32.2 Å². The van der Waals surface area contributed by atoms with Crippen molar-refractivity contribution in [3.63, 3.8) is 0 Å². The smallest absolute Gasteiger partial charge is 0.277 e. The summed E-state index contributed by atoms with van der Waals surface area (Å²) in [6, 6.07) is 9.72. The molecule has 1 aliphatic rings. The van der Waals surface area contributed by atoms with Gasteiger partial charge < -0.3 is 18.9 Å². The molecule has 10 heteroatoms. The molecule has 0 atom stereocenters. The molecule has 37 heavy (non-hydrogen) atoms. The van der Waals surface area contributed by atoms with E-state index in [1.165, 1.54) is 18.5 Å². The maximum absolute atomic E-state index is 13.6. The second-order valence-corrected chi connectivity index (χ2v) is 10.4. The van der Waals surface area contributed by atoms with Crippen LogP contribution in [-0.4, -0.2) is 59.0 Å². The van der Waals surface area contributed by atoms with Gasteiger partial charge in [0.05, 0.1) is 28.4 Å². The number of ketones is 1. The molecule has 0 bridgehead atoms. The standard InChI is InChI=1S/C27H34N2O7S/c1-17(2)29(37(28,31)32)22-15-20(11-18-7-9-23(33-3)25(13-18)35-5)27(30)21(16-22)12-19-8-10-24(34-4)26(14-19)36-6/h7-14,17,22H,15-16H2,1-6H3,(H2,28,31,32)/b20-11+,21-12+. The lowest BCUT2D eigenvalue weighted by Crippen LogP contribution is -2.50. The molecule has 9 nitrogen and oxygen atoms in total. The molecule has 0 heterocycles. The lowest BCUT2D eigenvalue weighted by Gasteiger charge is -2.36. The normalized spacial score (nSPS) is 18.5. The summed E-state index contributed by atoms with van der Waals surface area (Å²) in [5.41, 5.74) is 2.37. The first-order valence-corrected chi connectivity index (χ1v) is 13.2. The number of hydrogen-bond donors (Lipinski definition) is 1. The molecular formula is C27H34N2O7S. The summed E-state index contributed by atoms with van der Waals surface area (Å²) in [6.45, 7) is 3.52. The maximum Gasteiger partial charge on any atom is 0.277 e. The van der Waals surface area contributed by atoms with Crippen molar-refractivity contribution in [2.24, 2.45) is 5.14 Å². The zero-order chi connectivity index (χ0) is 27.3. The van der Waals surface area contributed by atoms with Crippen LogP contribution in [0.2, 0.25) is 0 Å². The Labute approximate surface area is 218 Å². The van der Waals surface area contributed by atoms with Crippen molar-refractivity contribution in [3.8, 4) is 23.0 Å². The van der Waals surface area contributed by atoms with E-state index in [1.54, 1.807) is 64.5 Å². The quantitative estimate of drug-likeness (QED) is 0.490. The molecule has 0 aromatic heterocycles. The highest BCUT2D eigenvalue weighted by atomic mass is 32.2. The van der Waals surface area contributed by atoms with Crippen molar-refractivity contribution in [2.45, 2.75) is 38.8 Å². The second kappa shape index (κ2) is 11.8. The number of methoxy groups -OCH3 is 4. The minimum atomic E-state index is -4.02. The van der Waals surface area contributed by atoms with Gasteiger partial charge in [-0.25, -0.2) is 5.14 Å². The molecule has 200 valence electrons. The Kier molecular flexibility index (Phi) is 9.01. The first-order chi connectivity index (χ1) is 17.5. The fourth-order valence-corrected chi connectivity index (χ4v) is 5.76. The Morgan fingerprint density at radius 2 is 1.22 bits per heavy atom. The fraction of sp³-hybridized carbons (Fsp3) is 0.370. The number of benzene rings is 2. The monoisotopic (exact) mass is 530 g/mol. The van der Waals surface area contributed by atoms with E-state index in [-0.39, 0.29) is 18.6 Å². The molecule has 2 aromatic rings. The second-order valence-electron chi connectivity index (χ2n) is 8.93. The Balaban J connectivity index is 2.12. The summed E-state index contributed by atoms with van der Waals surface area (Å²) >= 11 is 0. The highest BCUT2D eigenvalue weighted by Gasteiger charge is 2.37. The van der Waals surface area contributed by atoms with Crippen LogP contribution >= 0.6 is 0 Å². The van der Waals surface area contributed by atoms with Crippen LogP contribution in [0.5, 0.6) is 23.0 Å². The predicted molar refractivity (Wildman–Crippen MR) is 143 cm³/mol.